The standard InChI is InChI=1S/C13H17N3S/c1-9-3-4-12(10(2)15-9)13(16-14)7-11-5-6-17-8-11/h3-6,8,13,16H,7,14H2,1-2H3. The van der Waals surface area contributed by atoms with Crippen LogP contribution in [0.5, 0.6) is 0 Å². The zero-order chi connectivity index (χ0) is 12.3. The van der Waals surface area contributed by atoms with Crippen molar-refractivity contribution in [3.63, 3.8) is 0 Å². The second-order valence-corrected chi connectivity index (χ2v) is 4.96. The lowest BCUT2D eigenvalue weighted by Gasteiger charge is -2.17. The summed E-state index contributed by atoms with van der Waals surface area (Å²) in [6.07, 6.45) is 0.894. The molecule has 1 atom stereocenters. The summed E-state index contributed by atoms with van der Waals surface area (Å²) in [5.41, 5.74) is 7.44. The molecular weight excluding hydrogens is 230 g/mol. The van der Waals surface area contributed by atoms with Gasteiger partial charge < -0.3 is 0 Å². The molecule has 0 aliphatic carbocycles. The maximum absolute atomic E-state index is 5.65. The quantitative estimate of drug-likeness (QED) is 0.644. The summed E-state index contributed by atoms with van der Waals surface area (Å²) in [6.45, 7) is 4.03. The number of aryl methyl sites for hydroxylation is 2. The summed E-state index contributed by atoms with van der Waals surface area (Å²) in [5.74, 6) is 5.65. The Kier molecular flexibility index (Phi) is 3.89. The molecule has 4 heteroatoms. The van der Waals surface area contributed by atoms with Gasteiger partial charge in [0.2, 0.25) is 0 Å². The van der Waals surface area contributed by atoms with Crippen molar-refractivity contribution in [2.24, 2.45) is 5.84 Å². The highest BCUT2D eigenvalue weighted by Crippen LogP contribution is 2.21. The van der Waals surface area contributed by atoms with Crippen molar-refractivity contribution in [3.8, 4) is 0 Å². The average Bonchev–Trinajstić information content (AvgIpc) is 2.79. The number of nitrogens with zero attached hydrogens (tertiary/aromatic N) is 1. The number of nitrogens with two attached hydrogens (primary N) is 1. The fourth-order valence-electron chi connectivity index (χ4n) is 1.97. The smallest absolute Gasteiger partial charge is 0.0518 e. The van der Waals surface area contributed by atoms with Crippen LogP contribution in [0.2, 0.25) is 0 Å². The van der Waals surface area contributed by atoms with E-state index in [0.717, 1.165) is 17.8 Å². The first kappa shape index (κ1) is 12.2. The number of hydrazine groups is 1. The molecule has 0 aromatic carbocycles. The van der Waals surface area contributed by atoms with Crippen molar-refractivity contribution in [2.45, 2.75) is 26.3 Å². The molecule has 0 spiro atoms. The number of hydrogen-bond acceptors (Lipinski definition) is 4. The minimum absolute atomic E-state index is 0.123. The Morgan fingerprint density at radius 2 is 2.18 bits per heavy atom. The summed E-state index contributed by atoms with van der Waals surface area (Å²) in [6, 6.07) is 6.39. The van der Waals surface area contributed by atoms with E-state index in [1.165, 1.54) is 11.1 Å². The van der Waals surface area contributed by atoms with Crippen LogP contribution in [0, 0.1) is 13.8 Å². The van der Waals surface area contributed by atoms with E-state index in [4.69, 9.17) is 5.84 Å². The summed E-state index contributed by atoms with van der Waals surface area (Å²) < 4.78 is 0. The van der Waals surface area contributed by atoms with Gasteiger partial charge in [-0.05, 0) is 54.3 Å². The fraction of sp³-hybridized carbons (Fsp3) is 0.308. The lowest BCUT2D eigenvalue weighted by Crippen LogP contribution is -2.30. The van der Waals surface area contributed by atoms with Crippen LogP contribution in [0.3, 0.4) is 0 Å². The molecule has 0 fully saturated rings. The molecule has 0 saturated heterocycles. The van der Waals surface area contributed by atoms with Crippen molar-refractivity contribution >= 4 is 11.3 Å². The first-order valence-corrected chi connectivity index (χ1v) is 6.56. The normalized spacial score (nSPS) is 12.6. The van der Waals surface area contributed by atoms with Crippen LogP contribution >= 0.6 is 11.3 Å². The van der Waals surface area contributed by atoms with E-state index < -0.39 is 0 Å². The zero-order valence-electron chi connectivity index (χ0n) is 10.1. The van der Waals surface area contributed by atoms with Gasteiger partial charge in [-0.2, -0.15) is 11.3 Å². The summed E-state index contributed by atoms with van der Waals surface area (Å²) in [7, 11) is 0. The van der Waals surface area contributed by atoms with Gasteiger partial charge in [-0.25, -0.2) is 0 Å². The van der Waals surface area contributed by atoms with E-state index >= 15 is 0 Å². The molecule has 2 heterocycles. The van der Waals surface area contributed by atoms with E-state index in [9.17, 15) is 0 Å². The van der Waals surface area contributed by atoms with Crippen LogP contribution in [0.1, 0.15) is 28.6 Å². The average molecular weight is 247 g/mol. The highest BCUT2D eigenvalue weighted by atomic mass is 32.1. The second-order valence-electron chi connectivity index (χ2n) is 4.18. The third-order valence-electron chi connectivity index (χ3n) is 2.86. The zero-order valence-corrected chi connectivity index (χ0v) is 10.9. The predicted octanol–water partition coefficient (Wildman–Crippen LogP) is 2.51. The van der Waals surface area contributed by atoms with Gasteiger partial charge in [-0.1, -0.05) is 6.07 Å². The van der Waals surface area contributed by atoms with Gasteiger partial charge in [0.25, 0.3) is 0 Å². The molecule has 17 heavy (non-hydrogen) atoms. The van der Waals surface area contributed by atoms with Gasteiger partial charge in [0.1, 0.15) is 0 Å². The van der Waals surface area contributed by atoms with Gasteiger partial charge in [0, 0.05) is 11.4 Å². The molecule has 0 saturated carbocycles. The number of nitrogens with one attached hydrogen (secondary N) is 1. The molecule has 2 aromatic rings. The maximum Gasteiger partial charge on any atom is 0.0518 e. The fourth-order valence-corrected chi connectivity index (χ4v) is 2.65. The van der Waals surface area contributed by atoms with Gasteiger partial charge in [0.15, 0.2) is 0 Å². The van der Waals surface area contributed by atoms with E-state index in [1.807, 2.05) is 19.9 Å². The highest BCUT2D eigenvalue weighted by Gasteiger charge is 2.13. The molecule has 0 radical (unpaired) electrons. The van der Waals surface area contributed by atoms with Crippen molar-refractivity contribution < 1.29 is 0 Å². The van der Waals surface area contributed by atoms with E-state index in [2.05, 4.69) is 33.3 Å². The molecular formula is C13H17N3S. The number of rotatable bonds is 4. The minimum Gasteiger partial charge on any atom is -0.271 e. The monoisotopic (exact) mass is 247 g/mol. The van der Waals surface area contributed by atoms with Gasteiger partial charge >= 0.3 is 0 Å². The summed E-state index contributed by atoms with van der Waals surface area (Å²) in [5, 5.41) is 4.24. The van der Waals surface area contributed by atoms with Crippen LogP contribution in [0.25, 0.3) is 0 Å². The molecule has 0 aliphatic rings. The van der Waals surface area contributed by atoms with Crippen LogP contribution in [0.4, 0.5) is 0 Å². The molecule has 2 aromatic heterocycles. The molecule has 90 valence electrons. The Hall–Kier alpha value is -1.23. The largest absolute Gasteiger partial charge is 0.271 e. The summed E-state index contributed by atoms with van der Waals surface area (Å²) >= 11 is 1.71. The van der Waals surface area contributed by atoms with Crippen LogP contribution < -0.4 is 11.3 Å². The first-order chi connectivity index (χ1) is 8.20. The first-order valence-electron chi connectivity index (χ1n) is 5.62. The molecule has 3 N–H and O–H groups in total. The Labute approximate surface area is 106 Å². The third-order valence-corrected chi connectivity index (χ3v) is 3.59. The SMILES string of the molecule is Cc1ccc(C(Cc2ccsc2)NN)c(C)n1. The molecule has 0 aliphatic heterocycles. The number of pyridine rings is 1. The van der Waals surface area contributed by atoms with Crippen molar-refractivity contribution in [1.29, 1.82) is 0 Å². The van der Waals surface area contributed by atoms with Crippen molar-refractivity contribution in [3.05, 3.63) is 51.5 Å². The lowest BCUT2D eigenvalue weighted by molar-refractivity contribution is 0.547. The molecule has 1 unspecified atom stereocenters. The number of hydrogen-bond donors (Lipinski definition) is 2. The topological polar surface area (TPSA) is 50.9 Å². The summed E-state index contributed by atoms with van der Waals surface area (Å²) in [4.78, 5) is 4.48. The Balaban J connectivity index is 2.23. The number of aromatic nitrogens is 1. The van der Waals surface area contributed by atoms with Gasteiger partial charge in [-0.3, -0.25) is 16.3 Å². The predicted molar refractivity (Wildman–Crippen MR) is 71.8 cm³/mol. The van der Waals surface area contributed by atoms with Crippen LogP contribution in [0.15, 0.2) is 29.0 Å². The van der Waals surface area contributed by atoms with Crippen LogP contribution in [-0.4, -0.2) is 4.98 Å². The maximum atomic E-state index is 5.65. The minimum atomic E-state index is 0.123. The molecule has 3 nitrogen and oxygen atoms in total. The van der Waals surface area contributed by atoms with Crippen molar-refractivity contribution in [1.82, 2.24) is 10.4 Å². The molecule has 0 bridgehead atoms. The number of thiophene rings is 1. The Bertz CT molecular complexity index is 479. The third kappa shape index (κ3) is 2.91. The van der Waals surface area contributed by atoms with Gasteiger partial charge in [-0.15, -0.1) is 0 Å². The van der Waals surface area contributed by atoms with E-state index in [0.29, 0.717) is 0 Å². The van der Waals surface area contributed by atoms with Gasteiger partial charge in [0.05, 0.1) is 6.04 Å². The van der Waals surface area contributed by atoms with Crippen molar-refractivity contribution in [2.75, 3.05) is 0 Å². The second kappa shape index (κ2) is 5.40. The van der Waals surface area contributed by atoms with Crippen LogP contribution in [-0.2, 0) is 6.42 Å². The Morgan fingerprint density at radius 3 is 2.76 bits per heavy atom. The van der Waals surface area contributed by atoms with E-state index in [-0.39, 0.29) is 6.04 Å². The molecule has 0 amide bonds. The van der Waals surface area contributed by atoms with E-state index in [1.54, 1.807) is 11.3 Å². The lowest BCUT2D eigenvalue weighted by atomic mass is 10.00. The Morgan fingerprint density at radius 1 is 1.35 bits per heavy atom. The molecule has 2 rings (SSSR count). The highest BCUT2D eigenvalue weighted by molar-refractivity contribution is 7.07.